The molecule has 0 fully saturated rings. The zero-order valence-corrected chi connectivity index (χ0v) is 14.6. The van der Waals surface area contributed by atoms with Gasteiger partial charge in [0.15, 0.2) is 0 Å². The summed E-state index contributed by atoms with van der Waals surface area (Å²) < 4.78 is 7.75. The number of unbranched alkanes of at least 4 members (excludes halogenated alkanes) is 14. The molecule has 0 atom stereocenters. The normalized spacial score (nSPS) is 10.1. The van der Waals surface area contributed by atoms with E-state index in [1.807, 2.05) is 0 Å². The van der Waals surface area contributed by atoms with Gasteiger partial charge in [0, 0.05) is 5.97 Å². The van der Waals surface area contributed by atoms with Gasteiger partial charge in [-0.05, 0) is 12.8 Å². The Bertz CT molecular complexity index is 222. The molecule has 0 bridgehead atoms. The first kappa shape index (κ1) is 23.6. The molecule has 0 aliphatic heterocycles. The maximum atomic E-state index is 10.2. The average Bonchev–Trinajstić information content (AvgIpc) is 2.53. The van der Waals surface area contributed by atoms with E-state index in [2.05, 4.69) is 14.6 Å². The first-order chi connectivity index (χ1) is 10.8. The van der Waals surface area contributed by atoms with Crippen LogP contribution in [0.5, 0.6) is 0 Å². The molecular weight excluding hydrogens is 275 g/mol. The van der Waals surface area contributed by atoms with Crippen molar-refractivity contribution in [3.8, 4) is 0 Å². The van der Waals surface area contributed by atoms with Crippen molar-refractivity contribution < 1.29 is 14.6 Å². The summed E-state index contributed by atoms with van der Waals surface area (Å²) in [7, 11) is 3.25. The summed E-state index contributed by atoms with van der Waals surface area (Å²) in [6.07, 6.45) is 19.9. The van der Waals surface area contributed by atoms with Crippen LogP contribution in [-0.2, 0) is 9.50 Å². The number of carbonyl (C=O) groups is 1. The van der Waals surface area contributed by atoms with Gasteiger partial charge >= 0.3 is 12.4 Å². The van der Waals surface area contributed by atoms with E-state index in [1.54, 1.807) is 0 Å². The Kier molecular flexibility index (Phi) is 24.3. The van der Waals surface area contributed by atoms with Crippen LogP contribution in [0.2, 0.25) is 0 Å². The number of hydrogen-bond donors (Lipinski definition) is 0. The van der Waals surface area contributed by atoms with Gasteiger partial charge in [-0.25, -0.2) is 0 Å². The minimum absolute atomic E-state index is 0.234. The summed E-state index contributed by atoms with van der Waals surface area (Å²) in [6, 6.07) is 0. The van der Waals surface area contributed by atoms with Gasteiger partial charge in [0.25, 0.3) is 0 Å². The molecular formula is C18H35BO3. The maximum absolute atomic E-state index is 10.2. The van der Waals surface area contributed by atoms with Crippen molar-refractivity contribution in [2.45, 2.75) is 110 Å². The predicted molar refractivity (Wildman–Crippen MR) is 91.0 cm³/mol. The molecule has 128 valence electrons. The number of rotatable bonds is 16. The zero-order chi connectivity index (χ0) is 16.9. The Morgan fingerprint density at radius 3 is 1.18 bits per heavy atom. The molecule has 0 aliphatic carbocycles. The molecule has 0 aromatic carbocycles. The molecule has 0 saturated heterocycles. The van der Waals surface area contributed by atoms with Crippen LogP contribution in [-0.4, -0.2) is 13.7 Å². The van der Waals surface area contributed by atoms with E-state index in [4.69, 9.17) is 4.70 Å². The van der Waals surface area contributed by atoms with Gasteiger partial charge in [-0.3, -0.25) is 0 Å². The second-order valence-corrected chi connectivity index (χ2v) is 6.07. The fourth-order valence-electron chi connectivity index (χ4n) is 2.64. The molecule has 0 radical (unpaired) electrons. The van der Waals surface area contributed by atoms with Crippen molar-refractivity contribution in [2.24, 2.45) is 0 Å². The van der Waals surface area contributed by atoms with Crippen molar-refractivity contribution in [3.05, 3.63) is 0 Å². The van der Waals surface area contributed by atoms with E-state index in [-0.39, 0.29) is 6.42 Å². The summed E-state index contributed by atoms with van der Waals surface area (Å²) in [6.45, 7) is 2.27. The quantitative estimate of drug-likeness (QED) is 0.311. The summed E-state index contributed by atoms with van der Waals surface area (Å²) in [5, 5.41) is 10.2. The summed E-state index contributed by atoms with van der Waals surface area (Å²) in [5.41, 5.74) is 0. The molecule has 0 spiro atoms. The van der Waals surface area contributed by atoms with Crippen LogP contribution in [0.15, 0.2) is 0 Å². The Labute approximate surface area is 138 Å². The molecule has 0 N–H and O–H groups in total. The van der Waals surface area contributed by atoms with Crippen molar-refractivity contribution in [2.75, 3.05) is 0 Å². The van der Waals surface area contributed by atoms with Gasteiger partial charge in [0.2, 0.25) is 0 Å². The van der Waals surface area contributed by atoms with Gasteiger partial charge < -0.3 is 9.90 Å². The number of carboxylic acid groups (broad SMARTS) is 1. The van der Waals surface area contributed by atoms with Crippen LogP contribution in [0, 0.1) is 0 Å². The second kappa shape index (κ2) is 22.6. The van der Waals surface area contributed by atoms with Crippen LogP contribution in [0.3, 0.4) is 0 Å². The van der Waals surface area contributed by atoms with Gasteiger partial charge in [-0.15, -0.1) is 0 Å². The van der Waals surface area contributed by atoms with E-state index in [1.165, 1.54) is 83.5 Å². The second-order valence-electron chi connectivity index (χ2n) is 6.07. The summed E-state index contributed by atoms with van der Waals surface area (Å²) >= 11 is 0. The van der Waals surface area contributed by atoms with Crippen LogP contribution in [0.1, 0.15) is 110 Å². The molecule has 0 heterocycles. The van der Waals surface area contributed by atoms with E-state index in [0.29, 0.717) is 0 Å². The Hall–Kier alpha value is -0.665. The average molecular weight is 310 g/mol. The first-order valence-electron chi connectivity index (χ1n) is 9.20. The number of carbonyl (C=O) groups excluding carboxylic acids is 1. The Balaban J connectivity index is 0. The van der Waals surface area contributed by atoms with Gasteiger partial charge in [0.1, 0.15) is 0 Å². The van der Waals surface area contributed by atoms with Crippen molar-refractivity contribution in [3.63, 3.8) is 0 Å². The van der Waals surface area contributed by atoms with Crippen LogP contribution >= 0.6 is 0 Å². The van der Waals surface area contributed by atoms with Gasteiger partial charge in [-0.1, -0.05) is 96.8 Å². The van der Waals surface area contributed by atoms with Crippen LogP contribution in [0.4, 0.5) is 0 Å². The zero-order valence-electron chi connectivity index (χ0n) is 14.6. The molecule has 4 heteroatoms. The Morgan fingerprint density at radius 1 is 0.636 bits per heavy atom. The Morgan fingerprint density at radius 2 is 0.909 bits per heavy atom. The molecule has 0 saturated carbocycles. The van der Waals surface area contributed by atoms with Crippen LogP contribution < -0.4 is 5.11 Å². The van der Waals surface area contributed by atoms with Crippen molar-refractivity contribution in [1.82, 2.24) is 0 Å². The van der Waals surface area contributed by atoms with E-state index < -0.39 is 5.97 Å². The van der Waals surface area contributed by atoms with E-state index in [0.717, 1.165) is 12.8 Å². The molecule has 22 heavy (non-hydrogen) atoms. The first-order valence-corrected chi connectivity index (χ1v) is 9.20. The minimum atomic E-state index is -0.903. The SMILES string of the molecule is CCCCCCCCCCCCCCCCCC(=O)[O-].[B+]=O. The topological polar surface area (TPSA) is 57.2 Å². The molecule has 0 aromatic heterocycles. The van der Waals surface area contributed by atoms with Gasteiger partial charge in [0.05, 0.1) is 0 Å². The molecule has 0 aromatic rings. The van der Waals surface area contributed by atoms with E-state index in [9.17, 15) is 9.90 Å². The molecule has 3 nitrogen and oxygen atoms in total. The number of hydrogen-bond acceptors (Lipinski definition) is 3. The summed E-state index contributed by atoms with van der Waals surface area (Å²) in [4.78, 5) is 10.2. The van der Waals surface area contributed by atoms with Crippen molar-refractivity contribution in [1.29, 1.82) is 0 Å². The number of carboxylic acids is 1. The van der Waals surface area contributed by atoms with Crippen molar-refractivity contribution >= 4 is 13.7 Å². The standard InChI is InChI=1S/C18H36O2.BO/c1-2-3-4-5-6-7-8-9-10-11-12-13-14-15-16-17-18(19)20;1-2/h2-17H2,1H3,(H,19,20);/q;+1/p-1. The third-order valence-electron chi connectivity index (χ3n) is 3.98. The number of aliphatic carboxylic acids is 1. The molecule has 0 unspecified atom stereocenters. The van der Waals surface area contributed by atoms with Crippen LogP contribution in [0.25, 0.3) is 0 Å². The summed E-state index contributed by atoms with van der Waals surface area (Å²) in [5.74, 6) is -0.903. The predicted octanol–water partition coefficient (Wildman–Crippen LogP) is 4.50. The monoisotopic (exact) mass is 310 g/mol. The molecule has 0 amide bonds. The van der Waals surface area contributed by atoms with E-state index >= 15 is 0 Å². The fraction of sp³-hybridized carbons (Fsp3) is 0.944. The molecule has 0 rings (SSSR count). The molecule has 0 aliphatic rings. The van der Waals surface area contributed by atoms with Gasteiger partial charge in [-0.2, -0.15) is 0 Å². The third-order valence-corrected chi connectivity index (χ3v) is 3.98. The third kappa shape index (κ3) is 24.4. The fourth-order valence-corrected chi connectivity index (χ4v) is 2.64.